The van der Waals surface area contributed by atoms with Gasteiger partial charge in [-0.1, -0.05) is 91.0 Å². The van der Waals surface area contributed by atoms with E-state index in [1.54, 1.807) is 0 Å². The lowest BCUT2D eigenvalue weighted by Crippen LogP contribution is -2.10. The first-order valence-corrected chi connectivity index (χ1v) is 17.7. The van der Waals surface area contributed by atoms with Crippen LogP contribution in [-0.4, -0.2) is 9.13 Å². The summed E-state index contributed by atoms with van der Waals surface area (Å²) in [5.74, 6) is 0. The molecule has 0 aliphatic carbocycles. The Kier molecular flexibility index (Phi) is 6.22. The lowest BCUT2D eigenvalue weighted by Gasteiger charge is -2.26. The zero-order valence-corrected chi connectivity index (χ0v) is 28.1. The van der Waals surface area contributed by atoms with Crippen LogP contribution in [0.15, 0.2) is 192 Å². The predicted molar refractivity (Wildman–Crippen MR) is 217 cm³/mol. The Bertz CT molecular complexity index is 3080. The average molecular weight is 666 g/mol. The molecule has 0 saturated heterocycles. The van der Waals surface area contributed by atoms with Gasteiger partial charge in [0.15, 0.2) is 0 Å². The fourth-order valence-corrected chi connectivity index (χ4v) is 8.21. The maximum atomic E-state index is 6.41. The maximum Gasteiger partial charge on any atom is 0.137 e. The summed E-state index contributed by atoms with van der Waals surface area (Å²) in [6.07, 6.45) is 0. The minimum Gasteiger partial charge on any atom is -0.456 e. The summed E-state index contributed by atoms with van der Waals surface area (Å²) in [6.45, 7) is 0. The van der Waals surface area contributed by atoms with Crippen molar-refractivity contribution in [3.8, 4) is 11.4 Å². The third kappa shape index (κ3) is 4.28. The molecule has 4 heteroatoms. The van der Waals surface area contributed by atoms with E-state index in [9.17, 15) is 0 Å². The molecule has 3 heterocycles. The van der Waals surface area contributed by atoms with Gasteiger partial charge in [-0.05, 0) is 91.0 Å². The van der Waals surface area contributed by atoms with E-state index in [-0.39, 0.29) is 0 Å². The number of benzene rings is 8. The van der Waals surface area contributed by atoms with Crippen LogP contribution in [0.5, 0.6) is 0 Å². The van der Waals surface area contributed by atoms with Crippen molar-refractivity contribution in [1.29, 1.82) is 0 Å². The number of furan rings is 1. The lowest BCUT2D eigenvalue weighted by atomic mass is 10.1. The standard InChI is InChI=1S/C48H31N3O/c1-2-12-32(13-3-1)50-45-20-10-6-16-39(45)42-30-35(27-29-46(42)50)49(36-26-28-41-40-17-7-11-21-47(40)52-48(41)31-36)33-22-24-34(25-23-33)51-43-18-8-4-14-37(43)38-15-5-9-19-44(38)51/h1-31H. The van der Waals surface area contributed by atoms with E-state index in [1.165, 1.54) is 43.6 Å². The third-order valence-electron chi connectivity index (χ3n) is 10.5. The van der Waals surface area contributed by atoms with Crippen LogP contribution in [-0.2, 0) is 0 Å². The van der Waals surface area contributed by atoms with Gasteiger partial charge in [-0.15, -0.1) is 0 Å². The van der Waals surface area contributed by atoms with Crippen molar-refractivity contribution in [3.05, 3.63) is 188 Å². The molecule has 0 radical (unpaired) electrons. The van der Waals surface area contributed by atoms with Gasteiger partial charge in [0, 0.05) is 66.8 Å². The largest absolute Gasteiger partial charge is 0.456 e. The van der Waals surface area contributed by atoms with Crippen molar-refractivity contribution in [3.63, 3.8) is 0 Å². The molecule has 11 rings (SSSR count). The molecule has 0 amide bonds. The zero-order chi connectivity index (χ0) is 34.2. The van der Waals surface area contributed by atoms with E-state index in [0.29, 0.717) is 0 Å². The second-order valence-electron chi connectivity index (χ2n) is 13.4. The molecule has 0 spiro atoms. The van der Waals surface area contributed by atoms with Crippen LogP contribution in [0.4, 0.5) is 17.1 Å². The van der Waals surface area contributed by atoms with Crippen LogP contribution in [0.3, 0.4) is 0 Å². The fourth-order valence-electron chi connectivity index (χ4n) is 8.21. The second kappa shape index (κ2) is 11.2. The Morgan fingerprint density at radius 2 is 0.769 bits per heavy atom. The van der Waals surface area contributed by atoms with Gasteiger partial charge in [-0.2, -0.15) is 0 Å². The first-order chi connectivity index (χ1) is 25.8. The first kappa shape index (κ1) is 28.8. The molecule has 8 aromatic carbocycles. The van der Waals surface area contributed by atoms with E-state index in [0.717, 1.165) is 50.4 Å². The van der Waals surface area contributed by atoms with Gasteiger partial charge in [0.05, 0.1) is 22.1 Å². The van der Waals surface area contributed by atoms with E-state index in [2.05, 4.69) is 190 Å². The van der Waals surface area contributed by atoms with Crippen LogP contribution in [0.2, 0.25) is 0 Å². The Labute approximate surface area is 299 Å². The fraction of sp³-hybridized carbons (Fsp3) is 0. The molecule has 3 aromatic heterocycles. The van der Waals surface area contributed by atoms with Crippen LogP contribution < -0.4 is 4.90 Å². The molecule has 0 aliphatic heterocycles. The molecule has 0 unspecified atom stereocenters. The van der Waals surface area contributed by atoms with Crippen molar-refractivity contribution >= 4 is 82.6 Å². The highest BCUT2D eigenvalue weighted by molar-refractivity contribution is 6.12. The summed E-state index contributed by atoms with van der Waals surface area (Å²) in [5.41, 5.74) is 11.9. The van der Waals surface area contributed by atoms with Crippen LogP contribution in [0.25, 0.3) is 76.9 Å². The molecule has 0 fully saturated rings. The monoisotopic (exact) mass is 665 g/mol. The number of rotatable bonds is 5. The molecule has 0 saturated carbocycles. The normalized spacial score (nSPS) is 11.8. The Morgan fingerprint density at radius 3 is 1.44 bits per heavy atom. The summed E-state index contributed by atoms with van der Waals surface area (Å²) in [7, 11) is 0. The van der Waals surface area contributed by atoms with E-state index in [4.69, 9.17) is 4.42 Å². The third-order valence-corrected chi connectivity index (χ3v) is 10.5. The average Bonchev–Trinajstić information content (AvgIpc) is 3.86. The number of hydrogen-bond donors (Lipinski definition) is 0. The summed E-state index contributed by atoms with van der Waals surface area (Å²) in [5, 5.41) is 7.17. The second-order valence-corrected chi connectivity index (χ2v) is 13.4. The minimum atomic E-state index is 0.868. The Morgan fingerprint density at radius 1 is 0.308 bits per heavy atom. The molecule has 244 valence electrons. The number of fused-ring (bicyclic) bond motifs is 9. The maximum absolute atomic E-state index is 6.41. The quantitative estimate of drug-likeness (QED) is 0.183. The summed E-state index contributed by atoms with van der Waals surface area (Å²) in [6, 6.07) is 67.2. The van der Waals surface area contributed by atoms with Crippen molar-refractivity contribution in [1.82, 2.24) is 9.13 Å². The summed E-state index contributed by atoms with van der Waals surface area (Å²) < 4.78 is 11.1. The van der Waals surface area contributed by atoms with Gasteiger partial charge in [0.25, 0.3) is 0 Å². The van der Waals surface area contributed by atoms with Gasteiger partial charge in [0.2, 0.25) is 0 Å². The van der Waals surface area contributed by atoms with Gasteiger partial charge in [0.1, 0.15) is 11.2 Å². The van der Waals surface area contributed by atoms with E-state index < -0.39 is 0 Å². The molecule has 0 aliphatic rings. The van der Waals surface area contributed by atoms with Gasteiger partial charge in [-0.3, -0.25) is 0 Å². The Balaban J connectivity index is 1.12. The highest BCUT2D eigenvalue weighted by Gasteiger charge is 2.19. The molecule has 0 atom stereocenters. The van der Waals surface area contributed by atoms with Crippen molar-refractivity contribution in [2.24, 2.45) is 0 Å². The number of anilines is 3. The number of para-hydroxylation sites is 5. The van der Waals surface area contributed by atoms with Crippen LogP contribution >= 0.6 is 0 Å². The molecule has 0 bridgehead atoms. The van der Waals surface area contributed by atoms with E-state index >= 15 is 0 Å². The van der Waals surface area contributed by atoms with Crippen molar-refractivity contribution in [2.45, 2.75) is 0 Å². The summed E-state index contributed by atoms with van der Waals surface area (Å²) >= 11 is 0. The van der Waals surface area contributed by atoms with Crippen LogP contribution in [0.1, 0.15) is 0 Å². The molecule has 4 nitrogen and oxygen atoms in total. The smallest absolute Gasteiger partial charge is 0.137 e. The topological polar surface area (TPSA) is 26.2 Å². The Hall–Kier alpha value is -7.04. The minimum absolute atomic E-state index is 0.868. The first-order valence-electron chi connectivity index (χ1n) is 17.7. The van der Waals surface area contributed by atoms with Crippen molar-refractivity contribution < 1.29 is 4.42 Å². The molecule has 0 N–H and O–H groups in total. The van der Waals surface area contributed by atoms with Crippen molar-refractivity contribution in [2.75, 3.05) is 4.90 Å². The van der Waals surface area contributed by atoms with Gasteiger partial charge in [-0.25, -0.2) is 0 Å². The van der Waals surface area contributed by atoms with Crippen LogP contribution in [0, 0.1) is 0 Å². The van der Waals surface area contributed by atoms with Gasteiger partial charge < -0.3 is 18.5 Å². The molecule has 52 heavy (non-hydrogen) atoms. The number of hydrogen-bond acceptors (Lipinski definition) is 2. The zero-order valence-electron chi connectivity index (χ0n) is 28.1. The number of aromatic nitrogens is 2. The SMILES string of the molecule is c1ccc(-n2c3ccccc3c3cc(N(c4ccc(-n5c6ccccc6c6ccccc65)cc4)c4ccc5c(c4)oc4ccccc45)ccc32)cc1. The highest BCUT2D eigenvalue weighted by Crippen LogP contribution is 2.42. The molecular weight excluding hydrogens is 635 g/mol. The highest BCUT2D eigenvalue weighted by atomic mass is 16.3. The molecular formula is C48H31N3O. The van der Waals surface area contributed by atoms with Gasteiger partial charge >= 0.3 is 0 Å². The summed E-state index contributed by atoms with van der Waals surface area (Å²) in [4.78, 5) is 2.34. The lowest BCUT2D eigenvalue weighted by molar-refractivity contribution is 0.669. The predicted octanol–water partition coefficient (Wildman–Crippen LogP) is 13.2. The van der Waals surface area contributed by atoms with E-state index in [1.807, 2.05) is 12.1 Å². The molecule has 11 aromatic rings. The number of nitrogens with zero attached hydrogens (tertiary/aromatic N) is 3.